The van der Waals surface area contributed by atoms with Gasteiger partial charge < -0.3 is 4.90 Å². The molecule has 3 aromatic carbocycles. The van der Waals surface area contributed by atoms with E-state index in [1.807, 2.05) is 61.2 Å². The number of carbonyl (C=O) groups excluding carboxylic acids is 1. The number of benzene rings is 3. The third-order valence-electron chi connectivity index (χ3n) is 6.97. The second kappa shape index (κ2) is 9.81. The number of rotatable bonds is 6. The van der Waals surface area contributed by atoms with Crippen molar-refractivity contribution in [2.75, 3.05) is 13.1 Å². The molecule has 5 rings (SSSR count). The summed E-state index contributed by atoms with van der Waals surface area (Å²) in [6.45, 7) is 6.06. The Kier molecular flexibility index (Phi) is 6.72. The molecule has 1 aliphatic rings. The Labute approximate surface area is 217 Å². The first-order valence-electron chi connectivity index (χ1n) is 12.2. The van der Waals surface area contributed by atoms with Crippen molar-refractivity contribution in [2.24, 2.45) is 0 Å². The van der Waals surface area contributed by atoms with Crippen LogP contribution in [0.1, 0.15) is 41.5 Å². The smallest absolute Gasteiger partial charge is 0.244 e. The van der Waals surface area contributed by atoms with Gasteiger partial charge in [-0.25, -0.2) is 8.42 Å². The van der Waals surface area contributed by atoms with E-state index in [0.717, 1.165) is 28.5 Å². The maximum atomic E-state index is 13.9. The van der Waals surface area contributed by atoms with Gasteiger partial charge in [-0.2, -0.15) is 4.31 Å². The summed E-state index contributed by atoms with van der Waals surface area (Å²) >= 11 is 1.72. The molecule has 7 heteroatoms. The SMILES string of the molecule is Cc1ccccc1[C@H]1c2ccsc2CCN1C(=O)CN(C(C)C)S(=O)(=O)c1cccc2ccccc12. The van der Waals surface area contributed by atoms with Crippen LogP contribution >= 0.6 is 11.3 Å². The Morgan fingerprint density at radius 2 is 1.72 bits per heavy atom. The van der Waals surface area contributed by atoms with Crippen LogP contribution in [0, 0.1) is 6.92 Å². The Balaban J connectivity index is 1.52. The van der Waals surface area contributed by atoms with Crippen LogP contribution in [0.15, 0.2) is 83.1 Å². The van der Waals surface area contributed by atoms with E-state index in [1.165, 1.54) is 9.18 Å². The van der Waals surface area contributed by atoms with E-state index in [4.69, 9.17) is 0 Å². The number of fused-ring (bicyclic) bond motifs is 2. The first kappa shape index (κ1) is 24.7. The second-order valence-electron chi connectivity index (χ2n) is 9.52. The van der Waals surface area contributed by atoms with Crippen molar-refractivity contribution in [3.8, 4) is 0 Å². The van der Waals surface area contributed by atoms with Crippen LogP contribution < -0.4 is 0 Å². The lowest BCUT2D eigenvalue weighted by Gasteiger charge is -2.38. The highest BCUT2D eigenvalue weighted by Gasteiger charge is 2.37. The summed E-state index contributed by atoms with van der Waals surface area (Å²) in [4.78, 5) is 17.3. The molecule has 0 bridgehead atoms. The molecule has 0 saturated carbocycles. The van der Waals surface area contributed by atoms with Gasteiger partial charge in [0.25, 0.3) is 0 Å². The zero-order valence-electron chi connectivity index (χ0n) is 20.7. The fourth-order valence-corrected chi connectivity index (χ4v) is 7.84. The number of sulfonamides is 1. The second-order valence-corrected chi connectivity index (χ2v) is 12.4. The summed E-state index contributed by atoms with van der Waals surface area (Å²) in [6.07, 6.45) is 0.777. The van der Waals surface area contributed by atoms with Crippen LogP contribution in [-0.2, 0) is 21.2 Å². The molecule has 1 aliphatic heterocycles. The monoisotopic (exact) mass is 518 g/mol. The normalized spacial score (nSPS) is 16.0. The van der Waals surface area contributed by atoms with E-state index in [-0.39, 0.29) is 29.4 Å². The zero-order chi connectivity index (χ0) is 25.4. The summed E-state index contributed by atoms with van der Waals surface area (Å²) in [5, 5.41) is 3.60. The molecule has 2 heterocycles. The van der Waals surface area contributed by atoms with Crippen molar-refractivity contribution in [3.05, 3.63) is 99.7 Å². The lowest BCUT2D eigenvalue weighted by Crippen LogP contribution is -2.48. The van der Waals surface area contributed by atoms with Crippen LogP contribution in [0.4, 0.5) is 0 Å². The van der Waals surface area contributed by atoms with Gasteiger partial charge in [-0.15, -0.1) is 11.3 Å². The number of amides is 1. The highest BCUT2D eigenvalue weighted by atomic mass is 32.2. The minimum absolute atomic E-state index is 0.183. The molecule has 0 N–H and O–H groups in total. The molecule has 186 valence electrons. The van der Waals surface area contributed by atoms with Crippen molar-refractivity contribution in [2.45, 2.75) is 44.2 Å². The summed E-state index contributed by atoms with van der Waals surface area (Å²) in [7, 11) is -3.91. The molecule has 0 spiro atoms. The van der Waals surface area contributed by atoms with E-state index in [9.17, 15) is 13.2 Å². The third-order valence-corrected chi connectivity index (χ3v) is 10.0. The summed E-state index contributed by atoms with van der Waals surface area (Å²) in [6, 6.07) is 22.4. The zero-order valence-corrected chi connectivity index (χ0v) is 22.4. The van der Waals surface area contributed by atoms with Gasteiger partial charge in [0.2, 0.25) is 15.9 Å². The summed E-state index contributed by atoms with van der Waals surface area (Å²) in [5.41, 5.74) is 3.34. The number of aryl methyl sites for hydroxylation is 1. The quantitative estimate of drug-likeness (QED) is 0.325. The van der Waals surface area contributed by atoms with Gasteiger partial charge in [-0.3, -0.25) is 4.79 Å². The lowest BCUT2D eigenvalue weighted by molar-refractivity contribution is -0.133. The average Bonchev–Trinajstić information content (AvgIpc) is 3.35. The number of thiophene rings is 1. The molecule has 36 heavy (non-hydrogen) atoms. The molecule has 4 aromatic rings. The van der Waals surface area contributed by atoms with E-state index in [2.05, 4.69) is 30.5 Å². The van der Waals surface area contributed by atoms with E-state index in [0.29, 0.717) is 11.9 Å². The Morgan fingerprint density at radius 3 is 2.50 bits per heavy atom. The van der Waals surface area contributed by atoms with Crippen molar-refractivity contribution >= 4 is 38.0 Å². The Morgan fingerprint density at radius 1 is 1.00 bits per heavy atom. The third kappa shape index (κ3) is 4.36. The average molecular weight is 519 g/mol. The van der Waals surface area contributed by atoms with Crippen molar-refractivity contribution in [3.63, 3.8) is 0 Å². The molecule has 0 aliphatic carbocycles. The van der Waals surface area contributed by atoms with Gasteiger partial charge in [0.05, 0.1) is 17.5 Å². The largest absolute Gasteiger partial charge is 0.330 e. The van der Waals surface area contributed by atoms with Crippen LogP contribution in [0.25, 0.3) is 10.8 Å². The predicted molar refractivity (Wildman–Crippen MR) is 146 cm³/mol. The molecule has 1 amide bonds. The van der Waals surface area contributed by atoms with Gasteiger partial charge in [-0.05, 0) is 66.8 Å². The number of hydrogen-bond acceptors (Lipinski definition) is 4. The molecule has 5 nitrogen and oxygen atoms in total. The highest BCUT2D eigenvalue weighted by Crippen LogP contribution is 2.39. The van der Waals surface area contributed by atoms with Crippen LogP contribution in [0.3, 0.4) is 0 Å². The first-order valence-corrected chi connectivity index (χ1v) is 14.5. The standard InChI is InChI=1S/C29H30N2O3S2/c1-20(2)31(36(33,34)27-14-8-11-22-10-5-7-13-24(22)27)19-28(32)30-17-15-26-25(16-18-35-26)29(30)23-12-6-4-9-21(23)3/h4-14,16,18,20,29H,15,17,19H2,1-3H3/t29-/m0/s1. The van der Waals surface area contributed by atoms with Gasteiger partial charge in [-0.1, -0.05) is 60.7 Å². The molecule has 1 atom stereocenters. The van der Waals surface area contributed by atoms with Gasteiger partial charge >= 0.3 is 0 Å². The maximum Gasteiger partial charge on any atom is 0.244 e. The van der Waals surface area contributed by atoms with Crippen LogP contribution in [-0.4, -0.2) is 42.7 Å². The molecule has 0 fully saturated rings. The lowest BCUT2D eigenvalue weighted by atomic mass is 9.90. The van der Waals surface area contributed by atoms with E-state index in [1.54, 1.807) is 23.5 Å². The first-order chi connectivity index (χ1) is 17.3. The summed E-state index contributed by atoms with van der Waals surface area (Å²) < 4.78 is 29.2. The van der Waals surface area contributed by atoms with Gasteiger partial charge in [0.15, 0.2) is 0 Å². The van der Waals surface area contributed by atoms with Crippen LogP contribution in [0.5, 0.6) is 0 Å². The molecule has 0 radical (unpaired) electrons. The number of hydrogen-bond donors (Lipinski definition) is 0. The number of nitrogens with zero attached hydrogens (tertiary/aromatic N) is 2. The molecule has 0 unspecified atom stereocenters. The minimum atomic E-state index is -3.91. The Hall–Kier alpha value is -3.00. The topological polar surface area (TPSA) is 57.7 Å². The maximum absolute atomic E-state index is 13.9. The van der Waals surface area contributed by atoms with Gasteiger partial charge in [0.1, 0.15) is 0 Å². The molecular formula is C29H30N2O3S2. The van der Waals surface area contributed by atoms with E-state index < -0.39 is 10.0 Å². The minimum Gasteiger partial charge on any atom is -0.330 e. The number of carbonyl (C=O) groups is 1. The summed E-state index contributed by atoms with van der Waals surface area (Å²) in [5.74, 6) is -0.183. The predicted octanol–water partition coefficient (Wildman–Crippen LogP) is 5.78. The van der Waals surface area contributed by atoms with Crippen molar-refractivity contribution in [1.82, 2.24) is 9.21 Å². The molecule has 1 aromatic heterocycles. The molecular weight excluding hydrogens is 488 g/mol. The van der Waals surface area contributed by atoms with Gasteiger partial charge in [0, 0.05) is 22.8 Å². The van der Waals surface area contributed by atoms with Crippen LogP contribution in [0.2, 0.25) is 0 Å². The fourth-order valence-electron chi connectivity index (χ4n) is 5.13. The van der Waals surface area contributed by atoms with Crippen molar-refractivity contribution < 1.29 is 13.2 Å². The van der Waals surface area contributed by atoms with Crippen molar-refractivity contribution in [1.29, 1.82) is 0 Å². The highest BCUT2D eigenvalue weighted by molar-refractivity contribution is 7.89. The Bertz CT molecular complexity index is 1520. The van der Waals surface area contributed by atoms with E-state index >= 15 is 0 Å². The molecule has 0 saturated heterocycles. The fraction of sp³-hybridized carbons (Fsp3) is 0.276.